The molecule has 1 aliphatic rings. The number of aromatic hydroxyl groups is 2. The number of phenols is 2. The van der Waals surface area contributed by atoms with Crippen molar-refractivity contribution in [1.29, 1.82) is 0 Å². The van der Waals surface area contributed by atoms with Crippen molar-refractivity contribution in [3.05, 3.63) is 47.5 Å². The minimum atomic E-state index is -1.70. The van der Waals surface area contributed by atoms with Crippen LogP contribution in [-0.4, -0.2) is 131 Å². The molecule has 2 aromatic rings. The predicted octanol–water partition coefficient (Wildman–Crippen LogP) is 2.13. The Morgan fingerprint density at radius 3 is 1.97 bits per heavy atom. The summed E-state index contributed by atoms with van der Waals surface area (Å²) in [6, 6.07) is 3.08. The molecule has 5 atom stereocenters. The van der Waals surface area contributed by atoms with Gasteiger partial charge in [-0.2, -0.15) is 0 Å². The van der Waals surface area contributed by atoms with Gasteiger partial charge in [-0.15, -0.1) is 0 Å². The second-order valence-corrected chi connectivity index (χ2v) is 16.9. The van der Waals surface area contributed by atoms with Crippen LogP contribution in [0.2, 0.25) is 0 Å². The van der Waals surface area contributed by atoms with Crippen molar-refractivity contribution < 1.29 is 53.6 Å². The zero-order valence-electron chi connectivity index (χ0n) is 38.9. The maximum Gasteiger partial charge on any atom is 0.329 e. The number of unbranched alkanes of at least 4 members (excludes halogenated alkanes) is 12. The van der Waals surface area contributed by atoms with E-state index >= 15 is 0 Å². The Morgan fingerprint density at radius 2 is 1.38 bits per heavy atom. The second kappa shape index (κ2) is 28.3. The number of rotatable bonds is 25. The van der Waals surface area contributed by atoms with Crippen molar-refractivity contribution in [2.24, 2.45) is 11.5 Å². The highest BCUT2D eigenvalue weighted by Gasteiger charge is 2.34. The smallest absolute Gasteiger partial charge is 0.329 e. The molecule has 0 aliphatic carbocycles. The van der Waals surface area contributed by atoms with Crippen molar-refractivity contribution in [3.8, 4) is 22.6 Å². The highest BCUT2D eigenvalue weighted by Crippen LogP contribution is 2.38. The van der Waals surface area contributed by atoms with Gasteiger partial charge < -0.3 is 62.6 Å². The van der Waals surface area contributed by atoms with Crippen LogP contribution < -0.4 is 32.7 Å². The Kier molecular flexibility index (Phi) is 23.4. The number of carbonyl (C=O) groups excluding carboxylic acids is 7. The molecule has 2 aromatic carbocycles. The molecule has 6 amide bonds. The molecule has 0 spiro atoms. The van der Waals surface area contributed by atoms with E-state index in [1.54, 1.807) is 0 Å². The fraction of sp³-hybridized carbons (Fsp3) is 0.596. The van der Waals surface area contributed by atoms with E-state index in [1.807, 2.05) is 0 Å². The summed E-state index contributed by atoms with van der Waals surface area (Å²) >= 11 is 0. The molecule has 4 bridgehead atoms. The van der Waals surface area contributed by atoms with Gasteiger partial charge in [0.05, 0.1) is 13.2 Å². The van der Waals surface area contributed by atoms with E-state index in [4.69, 9.17) is 16.2 Å². The number of hydrogen-bond acceptors (Lipinski definition) is 13. The Bertz CT molecular complexity index is 1950. The Hall–Kier alpha value is -5.79. The molecule has 19 heteroatoms. The molecule has 366 valence electrons. The number of phenolic OH excluding ortho intramolecular Hbond substituents is 2. The SMILES string of the molecule is CCCCCCCCCCCCCCCC(=O)N(C)[C@H](CO)C(=O)N[C@H](N)C(=O)NCC(=O)N(C)[C@@H]1C(=O)N[C@@H](C)C(=O)N[C@H](C(=O)OCCN)Cc2ccc(O)c(c2)-c2cc1ccc2O. The van der Waals surface area contributed by atoms with Gasteiger partial charge in [-0.1, -0.05) is 96.1 Å². The fourth-order valence-corrected chi connectivity index (χ4v) is 7.64. The molecule has 0 unspecified atom stereocenters. The first kappa shape index (κ1) is 54.5. The normalized spacial score (nSPS) is 17.0. The lowest BCUT2D eigenvalue weighted by atomic mass is 9.94. The molecule has 0 fully saturated rings. The number of likely N-dealkylation sites (N-methyl/N-ethyl adjacent to an activating group) is 2. The van der Waals surface area contributed by atoms with E-state index in [-0.39, 0.29) is 60.1 Å². The molecule has 1 heterocycles. The van der Waals surface area contributed by atoms with Crippen LogP contribution in [0.15, 0.2) is 36.4 Å². The van der Waals surface area contributed by atoms with E-state index in [0.29, 0.717) is 12.0 Å². The van der Waals surface area contributed by atoms with E-state index in [1.165, 1.54) is 109 Å². The summed E-state index contributed by atoms with van der Waals surface area (Å²) in [7, 11) is 2.65. The van der Waals surface area contributed by atoms with Crippen molar-refractivity contribution >= 4 is 41.4 Å². The third kappa shape index (κ3) is 16.9. The number of esters is 1. The van der Waals surface area contributed by atoms with E-state index < -0.39 is 79.0 Å². The first-order chi connectivity index (χ1) is 31.5. The standard InChI is InChI=1S/C47H72N8O11/c1-5-6-7-8-9-10-11-12-13-14-15-16-17-18-39(59)54(3)36(29-56)44(62)53-42(49)46(64)50-28-40(60)55(4)41-32-20-22-38(58)34(27-32)33-25-31(19-21-37(33)57)26-35(47(65)66-24-23-48)52-43(61)30(2)51-45(41)63/h19-22,25,27,30,35-36,41-42,56-58H,5-18,23-24,26,28-29,48-49H2,1-4H3,(H,50,64)(H,51,63)(H,52,61)(H,53,62)/t30-,35-,36+,41-,42-/m0/s1. The zero-order valence-corrected chi connectivity index (χ0v) is 38.9. The maximum absolute atomic E-state index is 14.0. The minimum Gasteiger partial charge on any atom is -0.507 e. The van der Waals surface area contributed by atoms with Gasteiger partial charge in [0.2, 0.25) is 29.5 Å². The lowest BCUT2D eigenvalue weighted by Crippen LogP contribution is -2.59. The number of ether oxygens (including phenoxy) is 1. The quantitative estimate of drug-likeness (QED) is 0.0392. The van der Waals surface area contributed by atoms with Crippen LogP contribution in [0.4, 0.5) is 0 Å². The fourth-order valence-electron chi connectivity index (χ4n) is 7.64. The van der Waals surface area contributed by atoms with Crippen LogP contribution in [0.1, 0.15) is 121 Å². The number of carbonyl (C=O) groups is 7. The summed E-state index contributed by atoms with van der Waals surface area (Å²) < 4.78 is 5.19. The molecule has 1 aliphatic heterocycles. The number of nitrogens with one attached hydrogen (secondary N) is 4. The van der Waals surface area contributed by atoms with Crippen molar-refractivity contribution in [3.63, 3.8) is 0 Å². The molecule has 0 saturated heterocycles. The average molecular weight is 925 g/mol. The third-order valence-corrected chi connectivity index (χ3v) is 11.7. The first-order valence-corrected chi connectivity index (χ1v) is 23.1. The first-order valence-electron chi connectivity index (χ1n) is 23.1. The van der Waals surface area contributed by atoms with Gasteiger partial charge in [-0.25, -0.2) is 4.79 Å². The van der Waals surface area contributed by atoms with Crippen molar-refractivity contribution in [2.75, 3.05) is 40.4 Å². The highest BCUT2D eigenvalue weighted by molar-refractivity contribution is 5.96. The number of aliphatic hydroxyl groups excluding tert-OH is 1. The number of nitrogens with two attached hydrogens (primary N) is 2. The number of hydrogen-bond donors (Lipinski definition) is 9. The van der Waals surface area contributed by atoms with Crippen LogP contribution in [-0.2, 0) is 44.7 Å². The van der Waals surface area contributed by atoms with E-state index in [0.717, 1.165) is 35.5 Å². The number of fused-ring (bicyclic) bond motifs is 5. The minimum absolute atomic E-state index is 0.0319. The molecular weight excluding hydrogens is 853 g/mol. The number of aliphatic hydroxyl groups is 1. The van der Waals surface area contributed by atoms with Crippen LogP contribution in [0.5, 0.6) is 11.5 Å². The van der Waals surface area contributed by atoms with Crippen LogP contribution >= 0.6 is 0 Å². The van der Waals surface area contributed by atoms with Crippen molar-refractivity contribution in [1.82, 2.24) is 31.1 Å². The molecule has 0 saturated carbocycles. The largest absolute Gasteiger partial charge is 0.507 e. The van der Waals surface area contributed by atoms with Gasteiger partial charge in [-0.3, -0.25) is 28.8 Å². The lowest BCUT2D eigenvalue weighted by molar-refractivity contribution is -0.148. The topological polar surface area (TPSA) is 296 Å². The monoisotopic (exact) mass is 925 g/mol. The van der Waals surface area contributed by atoms with Crippen LogP contribution in [0.3, 0.4) is 0 Å². The number of nitrogens with zero attached hydrogens (tertiary/aromatic N) is 2. The number of benzene rings is 2. The van der Waals surface area contributed by atoms with Gasteiger partial charge in [0.1, 0.15) is 42.3 Å². The van der Waals surface area contributed by atoms with Gasteiger partial charge in [-0.05, 0) is 48.7 Å². The van der Waals surface area contributed by atoms with Gasteiger partial charge in [0.25, 0.3) is 5.91 Å². The Morgan fingerprint density at radius 1 is 0.803 bits per heavy atom. The van der Waals surface area contributed by atoms with Gasteiger partial charge in [0.15, 0.2) is 6.17 Å². The maximum atomic E-state index is 14.0. The summed E-state index contributed by atoms with van der Waals surface area (Å²) in [5.41, 5.74) is 12.3. The van der Waals surface area contributed by atoms with Crippen LogP contribution in [0, 0.1) is 0 Å². The molecule has 19 nitrogen and oxygen atoms in total. The summed E-state index contributed by atoms with van der Waals surface area (Å²) in [5.74, 6) is -6.03. The summed E-state index contributed by atoms with van der Waals surface area (Å²) in [4.78, 5) is 95.2. The molecule has 66 heavy (non-hydrogen) atoms. The summed E-state index contributed by atoms with van der Waals surface area (Å²) in [6.07, 6.45) is 13.4. The summed E-state index contributed by atoms with van der Waals surface area (Å²) in [6.45, 7) is 2.04. The van der Waals surface area contributed by atoms with E-state index in [2.05, 4.69) is 28.2 Å². The molecule has 11 N–H and O–H groups in total. The van der Waals surface area contributed by atoms with Gasteiger partial charge in [0, 0.05) is 44.6 Å². The van der Waals surface area contributed by atoms with E-state index in [9.17, 15) is 48.9 Å². The predicted molar refractivity (Wildman–Crippen MR) is 247 cm³/mol. The Labute approximate surface area is 387 Å². The molecule has 0 aromatic heterocycles. The third-order valence-electron chi connectivity index (χ3n) is 11.7. The lowest BCUT2D eigenvalue weighted by Gasteiger charge is -2.30. The van der Waals surface area contributed by atoms with Crippen LogP contribution in [0.25, 0.3) is 11.1 Å². The average Bonchev–Trinajstić information content (AvgIpc) is 3.29. The molecule has 3 rings (SSSR count). The zero-order chi connectivity index (χ0) is 48.8. The second-order valence-electron chi connectivity index (χ2n) is 16.9. The number of amides is 6. The molecule has 0 radical (unpaired) electrons. The highest BCUT2D eigenvalue weighted by atomic mass is 16.5. The van der Waals surface area contributed by atoms with Crippen molar-refractivity contribution in [2.45, 2.75) is 140 Å². The van der Waals surface area contributed by atoms with Gasteiger partial charge >= 0.3 is 5.97 Å². The summed E-state index contributed by atoms with van der Waals surface area (Å²) in [5, 5.41) is 41.6. The molecular formula is C47H72N8O11. The Balaban J connectivity index is 1.63.